The molecule has 2 rings (SSSR count). The third-order valence-electron chi connectivity index (χ3n) is 2.89. The Labute approximate surface area is 127 Å². The van der Waals surface area contributed by atoms with E-state index in [-0.39, 0.29) is 6.04 Å². The zero-order valence-corrected chi connectivity index (χ0v) is 12.9. The zero-order valence-electron chi connectivity index (χ0n) is 10.6. The molecule has 19 heavy (non-hydrogen) atoms. The van der Waals surface area contributed by atoms with Crippen molar-refractivity contribution in [2.75, 3.05) is 6.54 Å². The van der Waals surface area contributed by atoms with Crippen LogP contribution in [0, 0.1) is 0 Å². The molecule has 0 saturated heterocycles. The van der Waals surface area contributed by atoms with Gasteiger partial charge in [0.05, 0.1) is 23.0 Å². The number of nitrogens with zero attached hydrogens (tertiary/aromatic N) is 2. The summed E-state index contributed by atoms with van der Waals surface area (Å²) in [6, 6.07) is 5.26. The van der Waals surface area contributed by atoms with Crippen molar-refractivity contribution in [1.29, 1.82) is 0 Å². The Morgan fingerprint density at radius 2 is 2.00 bits per heavy atom. The summed E-state index contributed by atoms with van der Waals surface area (Å²) in [6.07, 6.45) is 1.62. The van der Waals surface area contributed by atoms with Crippen LogP contribution in [0.15, 0.2) is 24.4 Å². The first-order valence-corrected chi connectivity index (χ1v) is 7.03. The summed E-state index contributed by atoms with van der Waals surface area (Å²) in [7, 11) is 1.85. The molecule has 1 atom stereocenters. The monoisotopic (exact) mass is 317 g/mol. The van der Waals surface area contributed by atoms with Gasteiger partial charge in [0.25, 0.3) is 0 Å². The molecule has 3 nitrogen and oxygen atoms in total. The second kappa shape index (κ2) is 6.14. The van der Waals surface area contributed by atoms with Crippen LogP contribution in [0.1, 0.15) is 24.2 Å². The molecule has 0 aliphatic heterocycles. The lowest BCUT2D eigenvalue weighted by atomic mass is 10.0. The third kappa shape index (κ3) is 3.06. The predicted octanol–water partition coefficient (Wildman–Crippen LogP) is 4.08. The van der Waals surface area contributed by atoms with Gasteiger partial charge in [0.1, 0.15) is 0 Å². The third-order valence-corrected chi connectivity index (χ3v) is 3.76. The van der Waals surface area contributed by atoms with Gasteiger partial charge in [0.15, 0.2) is 0 Å². The average molecular weight is 319 g/mol. The van der Waals surface area contributed by atoms with Gasteiger partial charge in [-0.25, -0.2) is 0 Å². The molecular formula is C13H14Cl3N3. The Bertz CT molecular complexity index is 561. The fourth-order valence-corrected chi connectivity index (χ4v) is 2.72. The minimum Gasteiger partial charge on any atom is -0.305 e. The van der Waals surface area contributed by atoms with E-state index in [0.29, 0.717) is 15.1 Å². The van der Waals surface area contributed by atoms with E-state index in [2.05, 4.69) is 10.4 Å². The van der Waals surface area contributed by atoms with Crippen LogP contribution in [0.3, 0.4) is 0 Å². The maximum Gasteiger partial charge on any atom is 0.0837 e. The maximum absolute atomic E-state index is 6.28. The SMILES string of the molecule is CCNC(c1cc(Cl)ccc1Cl)c1c(Cl)cnn1C. The number of nitrogens with one attached hydrogen (secondary N) is 1. The van der Waals surface area contributed by atoms with Gasteiger partial charge in [0.2, 0.25) is 0 Å². The van der Waals surface area contributed by atoms with Crippen LogP contribution in [0.5, 0.6) is 0 Å². The van der Waals surface area contributed by atoms with Crippen molar-refractivity contribution >= 4 is 34.8 Å². The van der Waals surface area contributed by atoms with Gasteiger partial charge in [-0.05, 0) is 30.3 Å². The Balaban J connectivity index is 2.54. The first kappa shape index (κ1) is 14.7. The molecule has 0 aliphatic carbocycles. The summed E-state index contributed by atoms with van der Waals surface area (Å²) in [5, 5.41) is 9.41. The largest absolute Gasteiger partial charge is 0.305 e. The van der Waals surface area contributed by atoms with Gasteiger partial charge >= 0.3 is 0 Å². The van der Waals surface area contributed by atoms with Crippen LogP contribution in [0.25, 0.3) is 0 Å². The smallest absolute Gasteiger partial charge is 0.0837 e. The van der Waals surface area contributed by atoms with Crippen molar-refractivity contribution in [2.45, 2.75) is 13.0 Å². The summed E-state index contributed by atoms with van der Waals surface area (Å²) >= 11 is 18.6. The molecule has 0 amide bonds. The van der Waals surface area contributed by atoms with Crippen LogP contribution >= 0.6 is 34.8 Å². The lowest BCUT2D eigenvalue weighted by molar-refractivity contribution is 0.573. The van der Waals surface area contributed by atoms with Crippen LogP contribution < -0.4 is 5.32 Å². The van der Waals surface area contributed by atoms with Crippen molar-refractivity contribution in [2.24, 2.45) is 7.05 Å². The van der Waals surface area contributed by atoms with Crippen molar-refractivity contribution in [1.82, 2.24) is 15.1 Å². The van der Waals surface area contributed by atoms with Crippen LogP contribution in [-0.2, 0) is 7.05 Å². The number of hydrogen-bond acceptors (Lipinski definition) is 2. The van der Waals surface area contributed by atoms with Crippen molar-refractivity contribution in [3.8, 4) is 0 Å². The zero-order chi connectivity index (χ0) is 14.0. The lowest BCUT2D eigenvalue weighted by Gasteiger charge is -2.20. The summed E-state index contributed by atoms with van der Waals surface area (Å²) in [6.45, 7) is 2.80. The lowest BCUT2D eigenvalue weighted by Crippen LogP contribution is -2.25. The average Bonchev–Trinajstić information content (AvgIpc) is 2.70. The summed E-state index contributed by atoms with van der Waals surface area (Å²) < 4.78 is 1.74. The molecule has 1 aromatic heterocycles. The number of hydrogen-bond donors (Lipinski definition) is 1. The first-order valence-electron chi connectivity index (χ1n) is 5.90. The van der Waals surface area contributed by atoms with E-state index < -0.39 is 0 Å². The van der Waals surface area contributed by atoms with Crippen LogP contribution in [-0.4, -0.2) is 16.3 Å². The molecule has 1 unspecified atom stereocenters. The van der Waals surface area contributed by atoms with Gasteiger partial charge in [-0.1, -0.05) is 41.7 Å². The number of rotatable bonds is 4. The topological polar surface area (TPSA) is 29.9 Å². The number of benzene rings is 1. The molecule has 6 heteroatoms. The normalized spacial score (nSPS) is 12.7. The Morgan fingerprint density at radius 1 is 1.26 bits per heavy atom. The number of halogens is 3. The number of aromatic nitrogens is 2. The highest BCUT2D eigenvalue weighted by Gasteiger charge is 2.22. The van der Waals surface area contributed by atoms with Gasteiger partial charge < -0.3 is 5.32 Å². The van der Waals surface area contributed by atoms with E-state index >= 15 is 0 Å². The molecule has 0 fully saturated rings. The van der Waals surface area contributed by atoms with Crippen molar-refractivity contribution in [3.05, 3.63) is 50.7 Å². The molecule has 1 N–H and O–H groups in total. The molecule has 1 aromatic carbocycles. The van der Waals surface area contributed by atoms with E-state index in [1.54, 1.807) is 23.0 Å². The highest BCUT2D eigenvalue weighted by Crippen LogP contribution is 2.33. The fraction of sp³-hybridized carbons (Fsp3) is 0.308. The molecule has 2 aromatic rings. The van der Waals surface area contributed by atoms with Gasteiger partial charge in [0, 0.05) is 17.1 Å². The van der Waals surface area contributed by atoms with E-state index in [4.69, 9.17) is 34.8 Å². The van der Waals surface area contributed by atoms with Crippen molar-refractivity contribution < 1.29 is 0 Å². The van der Waals surface area contributed by atoms with Crippen molar-refractivity contribution in [3.63, 3.8) is 0 Å². The highest BCUT2D eigenvalue weighted by atomic mass is 35.5. The maximum atomic E-state index is 6.28. The van der Waals surface area contributed by atoms with E-state index in [1.165, 1.54) is 0 Å². The molecule has 0 bridgehead atoms. The minimum atomic E-state index is -0.142. The Kier molecular flexibility index (Phi) is 4.74. The van der Waals surface area contributed by atoms with Gasteiger partial charge in [-0.3, -0.25) is 4.68 Å². The molecule has 1 heterocycles. The fourth-order valence-electron chi connectivity index (χ4n) is 2.04. The van der Waals surface area contributed by atoms with E-state index in [1.807, 2.05) is 20.0 Å². The molecule has 0 spiro atoms. The molecule has 0 aliphatic rings. The van der Waals surface area contributed by atoms with Gasteiger partial charge in [-0.15, -0.1) is 0 Å². The standard InChI is InChI=1S/C13H14Cl3N3/c1-3-17-12(13-11(16)7-18-19(13)2)9-6-8(14)4-5-10(9)15/h4-7,12,17H,3H2,1-2H3. The number of aryl methyl sites for hydroxylation is 1. The summed E-state index contributed by atoms with van der Waals surface area (Å²) in [4.78, 5) is 0. The van der Waals surface area contributed by atoms with Gasteiger partial charge in [-0.2, -0.15) is 5.10 Å². The molecular weight excluding hydrogens is 305 g/mol. The van der Waals surface area contributed by atoms with Crippen LogP contribution in [0.4, 0.5) is 0 Å². The molecule has 102 valence electrons. The van der Waals surface area contributed by atoms with E-state index in [9.17, 15) is 0 Å². The summed E-state index contributed by atoms with van der Waals surface area (Å²) in [5.41, 5.74) is 1.76. The quantitative estimate of drug-likeness (QED) is 0.920. The first-order chi connectivity index (χ1) is 9.04. The highest BCUT2D eigenvalue weighted by molar-refractivity contribution is 6.34. The second-order valence-electron chi connectivity index (χ2n) is 4.16. The minimum absolute atomic E-state index is 0.142. The van der Waals surface area contributed by atoms with E-state index in [0.717, 1.165) is 17.8 Å². The second-order valence-corrected chi connectivity index (χ2v) is 5.41. The predicted molar refractivity (Wildman–Crippen MR) is 80.2 cm³/mol. The Morgan fingerprint density at radius 3 is 2.58 bits per heavy atom. The summed E-state index contributed by atoms with van der Waals surface area (Å²) in [5.74, 6) is 0. The Hall–Kier alpha value is -0.740. The molecule has 0 radical (unpaired) electrons. The van der Waals surface area contributed by atoms with Crippen LogP contribution in [0.2, 0.25) is 15.1 Å². The molecule has 0 saturated carbocycles.